The van der Waals surface area contributed by atoms with Crippen molar-refractivity contribution in [1.29, 1.82) is 0 Å². The second-order valence-corrected chi connectivity index (χ2v) is 3.41. The molecule has 0 fully saturated rings. The molecule has 17 heavy (non-hydrogen) atoms. The number of carboxylic acids is 1. The van der Waals surface area contributed by atoms with Gasteiger partial charge in [0.15, 0.2) is 6.10 Å². The van der Waals surface area contributed by atoms with E-state index in [9.17, 15) is 9.59 Å². The zero-order valence-electron chi connectivity index (χ0n) is 10.2. The fraction of sp³-hybridized carbons (Fsp3) is 0.800. The highest BCUT2D eigenvalue weighted by Crippen LogP contribution is 1.94. The Hall–Kier alpha value is -1.34. The first kappa shape index (κ1) is 15.7. The number of aliphatic carboxylic acids is 1. The van der Waals surface area contributed by atoms with Gasteiger partial charge in [-0.25, -0.2) is 9.59 Å². The third-order valence-electron chi connectivity index (χ3n) is 2.25. The Kier molecular flexibility index (Phi) is 8.08. The van der Waals surface area contributed by atoms with E-state index in [0.717, 1.165) is 0 Å². The number of rotatable bonds is 8. The summed E-state index contributed by atoms with van der Waals surface area (Å²) in [6.07, 6.45) is -0.552. The van der Waals surface area contributed by atoms with Crippen molar-refractivity contribution in [3.05, 3.63) is 0 Å². The van der Waals surface area contributed by atoms with E-state index < -0.39 is 12.1 Å². The van der Waals surface area contributed by atoms with Crippen LogP contribution in [0.1, 0.15) is 13.3 Å². The molecular weight excluding hydrogens is 228 g/mol. The van der Waals surface area contributed by atoms with Crippen molar-refractivity contribution >= 4 is 12.0 Å². The number of hydrogen-bond acceptors (Lipinski definition) is 4. The van der Waals surface area contributed by atoms with Gasteiger partial charge >= 0.3 is 12.0 Å². The standard InChI is InChI=1S/C10H20N2O5/c1-3-12(5-4-6-13)10(16)11-7-8(17-2)9(14)15/h8,13H,3-7H2,1-2H3,(H,11,16)(H,14,15). The molecule has 0 aliphatic heterocycles. The molecule has 0 aromatic heterocycles. The summed E-state index contributed by atoms with van der Waals surface area (Å²) in [7, 11) is 1.27. The Bertz CT molecular complexity index is 247. The molecule has 3 N–H and O–H groups in total. The number of aliphatic hydroxyl groups is 1. The minimum Gasteiger partial charge on any atom is -0.479 e. The molecule has 7 heteroatoms. The van der Waals surface area contributed by atoms with Crippen molar-refractivity contribution in [2.45, 2.75) is 19.4 Å². The summed E-state index contributed by atoms with van der Waals surface area (Å²) in [6, 6.07) is -0.357. The lowest BCUT2D eigenvalue weighted by Crippen LogP contribution is -2.45. The summed E-state index contributed by atoms with van der Waals surface area (Å²) in [5.74, 6) is -1.12. The fourth-order valence-corrected chi connectivity index (χ4v) is 1.23. The number of carbonyl (C=O) groups excluding carboxylic acids is 1. The molecule has 0 saturated carbocycles. The van der Waals surface area contributed by atoms with Gasteiger partial charge in [0.2, 0.25) is 0 Å². The fourth-order valence-electron chi connectivity index (χ4n) is 1.23. The number of ether oxygens (including phenoxy) is 1. The van der Waals surface area contributed by atoms with Crippen LogP contribution in [0.3, 0.4) is 0 Å². The molecule has 0 aliphatic rings. The van der Waals surface area contributed by atoms with Crippen LogP contribution in [0.15, 0.2) is 0 Å². The van der Waals surface area contributed by atoms with E-state index >= 15 is 0 Å². The third kappa shape index (κ3) is 6.08. The second-order valence-electron chi connectivity index (χ2n) is 3.41. The monoisotopic (exact) mass is 248 g/mol. The van der Waals surface area contributed by atoms with E-state index in [0.29, 0.717) is 19.5 Å². The first-order valence-electron chi connectivity index (χ1n) is 5.46. The van der Waals surface area contributed by atoms with Gasteiger partial charge in [-0.2, -0.15) is 0 Å². The van der Waals surface area contributed by atoms with Gasteiger partial charge in [0, 0.05) is 26.8 Å². The lowest BCUT2D eigenvalue weighted by Gasteiger charge is -2.21. The molecule has 0 bridgehead atoms. The maximum atomic E-state index is 11.6. The minimum atomic E-state index is -1.12. The smallest absolute Gasteiger partial charge is 0.334 e. The van der Waals surface area contributed by atoms with E-state index in [1.807, 2.05) is 6.92 Å². The zero-order chi connectivity index (χ0) is 13.3. The Balaban J connectivity index is 4.08. The molecule has 7 nitrogen and oxygen atoms in total. The molecule has 0 aliphatic carbocycles. The molecule has 0 heterocycles. The molecule has 0 spiro atoms. The second kappa shape index (κ2) is 8.77. The zero-order valence-corrected chi connectivity index (χ0v) is 10.2. The van der Waals surface area contributed by atoms with Crippen LogP contribution >= 0.6 is 0 Å². The van der Waals surface area contributed by atoms with Crippen LogP contribution in [0.2, 0.25) is 0 Å². The van der Waals surface area contributed by atoms with Crippen LogP contribution in [0.5, 0.6) is 0 Å². The number of carbonyl (C=O) groups is 2. The molecular formula is C10H20N2O5. The van der Waals surface area contributed by atoms with Crippen LogP contribution in [-0.2, 0) is 9.53 Å². The number of nitrogens with one attached hydrogen (secondary N) is 1. The number of methoxy groups -OCH3 is 1. The number of hydrogen-bond donors (Lipinski definition) is 3. The Morgan fingerprint density at radius 1 is 1.47 bits per heavy atom. The summed E-state index contributed by atoms with van der Waals surface area (Å²) in [6.45, 7) is 2.67. The van der Waals surface area contributed by atoms with Crippen molar-refractivity contribution in [1.82, 2.24) is 10.2 Å². The highest BCUT2D eigenvalue weighted by atomic mass is 16.5. The van der Waals surface area contributed by atoms with Crippen molar-refractivity contribution in [2.24, 2.45) is 0 Å². The number of nitrogens with zero attached hydrogens (tertiary/aromatic N) is 1. The van der Waals surface area contributed by atoms with Crippen LogP contribution in [0.25, 0.3) is 0 Å². The maximum Gasteiger partial charge on any atom is 0.334 e. The lowest BCUT2D eigenvalue weighted by atomic mass is 10.3. The van der Waals surface area contributed by atoms with Gasteiger partial charge in [0.1, 0.15) is 0 Å². The Morgan fingerprint density at radius 2 is 2.12 bits per heavy atom. The Morgan fingerprint density at radius 3 is 2.53 bits per heavy atom. The minimum absolute atomic E-state index is 0.0135. The van der Waals surface area contributed by atoms with Gasteiger partial charge < -0.3 is 25.2 Å². The van der Waals surface area contributed by atoms with E-state index in [-0.39, 0.29) is 19.2 Å². The Labute approximate surface area is 100 Å². The van der Waals surface area contributed by atoms with Gasteiger partial charge in [-0.3, -0.25) is 0 Å². The highest BCUT2D eigenvalue weighted by molar-refractivity contribution is 5.76. The van der Waals surface area contributed by atoms with Crippen LogP contribution < -0.4 is 5.32 Å². The highest BCUT2D eigenvalue weighted by Gasteiger charge is 2.18. The van der Waals surface area contributed by atoms with Gasteiger partial charge in [-0.05, 0) is 13.3 Å². The average molecular weight is 248 g/mol. The molecule has 0 aromatic rings. The summed E-state index contributed by atoms with van der Waals surface area (Å²) in [4.78, 5) is 23.7. The number of aliphatic hydroxyl groups excluding tert-OH is 1. The molecule has 2 amide bonds. The molecule has 1 atom stereocenters. The first-order chi connectivity index (χ1) is 8.06. The van der Waals surface area contributed by atoms with Crippen LogP contribution in [0.4, 0.5) is 4.79 Å². The molecule has 0 radical (unpaired) electrons. The third-order valence-corrected chi connectivity index (χ3v) is 2.25. The van der Waals surface area contributed by atoms with Gasteiger partial charge in [0.05, 0.1) is 6.54 Å². The summed E-state index contributed by atoms with van der Waals surface area (Å²) < 4.78 is 4.68. The van der Waals surface area contributed by atoms with Crippen molar-refractivity contribution in [3.63, 3.8) is 0 Å². The summed E-state index contributed by atoms with van der Waals surface area (Å²) in [5.41, 5.74) is 0. The number of carboxylic acid groups (broad SMARTS) is 1. The summed E-state index contributed by atoms with van der Waals surface area (Å²) in [5, 5.41) is 19.8. The quantitative estimate of drug-likeness (QED) is 0.538. The molecule has 0 aromatic carbocycles. The largest absolute Gasteiger partial charge is 0.479 e. The first-order valence-corrected chi connectivity index (χ1v) is 5.46. The van der Waals surface area contributed by atoms with E-state index in [2.05, 4.69) is 10.1 Å². The van der Waals surface area contributed by atoms with Gasteiger partial charge in [0.25, 0.3) is 0 Å². The molecule has 1 unspecified atom stereocenters. The van der Waals surface area contributed by atoms with Crippen LogP contribution in [0, 0.1) is 0 Å². The molecule has 0 rings (SSSR count). The van der Waals surface area contributed by atoms with E-state index in [1.165, 1.54) is 12.0 Å². The molecule has 100 valence electrons. The predicted molar refractivity (Wildman–Crippen MR) is 60.8 cm³/mol. The average Bonchev–Trinajstić information content (AvgIpc) is 2.30. The van der Waals surface area contributed by atoms with Gasteiger partial charge in [-0.15, -0.1) is 0 Å². The van der Waals surface area contributed by atoms with Gasteiger partial charge in [-0.1, -0.05) is 0 Å². The maximum absolute atomic E-state index is 11.6. The predicted octanol–water partition coefficient (Wildman–Crippen LogP) is -0.500. The number of urea groups is 1. The van der Waals surface area contributed by atoms with E-state index in [1.54, 1.807) is 0 Å². The molecule has 0 saturated heterocycles. The lowest BCUT2D eigenvalue weighted by molar-refractivity contribution is -0.148. The van der Waals surface area contributed by atoms with Crippen molar-refractivity contribution < 1.29 is 24.5 Å². The van der Waals surface area contributed by atoms with Crippen LogP contribution in [-0.4, -0.2) is 66.6 Å². The SMILES string of the molecule is CCN(CCCO)C(=O)NCC(OC)C(=O)O. The van der Waals surface area contributed by atoms with Crippen molar-refractivity contribution in [2.75, 3.05) is 33.4 Å². The number of amides is 2. The van der Waals surface area contributed by atoms with Crippen molar-refractivity contribution in [3.8, 4) is 0 Å². The normalized spacial score (nSPS) is 11.9. The van der Waals surface area contributed by atoms with E-state index in [4.69, 9.17) is 10.2 Å². The topological polar surface area (TPSA) is 99.1 Å². The summed E-state index contributed by atoms with van der Waals surface area (Å²) >= 11 is 0.